The van der Waals surface area contributed by atoms with Gasteiger partial charge in [0.15, 0.2) is 0 Å². The third-order valence-corrected chi connectivity index (χ3v) is 4.80. The fraction of sp³-hybridized carbons (Fsp3) is 0.143. The minimum atomic E-state index is -1.53. The summed E-state index contributed by atoms with van der Waals surface area (Å²) in [7, 11) is -1.53. The lowest BCUT2D eigenvalue weighted by Gasteiger charge is -2.12. The van der Waals surface area contributed by atoms with Gasteiger partial charge < -0.3 is 15.4 Å². The van der Waals surface area contributed by atoms with Crippen molar-refractivity contribution in [2.45, 2.75) is 20.4 Å². The summed E-state index contributed by atoms with van der Waals surface area (Å²) in [5, 5.41) is 23.5. The normalized spacial score (nSPS) is 11.0. The van der Waals surface area contributed by atoms with Crippen molar-refractivity contribution in [3.8, 4) is 5.95 Å². The van der Waals surface area contributed by atoms with Gasteiger partial charge in [0.1, 0.15) is 5.82 Å². The summed E-state index contributed by atoms with van der Waals surface area (Å²) in [5.41, 5.74) is 4.35. The fourth-order valence-corrected chi connectivity index (χ4v) is 3.38. The molecule has 2 aromatic carbocycles. The minimum absolute atomic E-state index is 0.467. The molecule has 4 rings (SSSR count). The Labute approximate surface area is 163 Å². The molecule has 0 aliphatic heterocycles. The van der Waals surface area contributed by atoms with Crippen LogP contribution in [0.25, 0.3) is 16.9 Å². The van der Waals surface area contributed by atoms with Crippen LogP contribution in [0.15, 0.2) is 60.8 Å². The average molecular weight is 372 g/mol. The summed E-state index contributed by atoms with van der Waals surface area (Å²) < 4.78 is 1.92. The molecule has 0 aliphatic carbocycles. The lowest BCUT2D eigenvalue weighted by molar-refractivity contribution is 0.426. The summed E-state index contributed by atoms with van der Waals surface area (Å²) in [6.45, 7) is 4.59. The van der Waals surface area contributed by atoms with Crippen molar-refractivity contribution in [3.05, 3.63) is 77.6 Å². The highest BCUT2D eigenvalue weighted by Gasteiger charge is 2.19. The number of fused-ring (bicyclic) bond motifs is 1. The number of nitrogens with zero attached hydrogens (tertiary/aromatic N) is 3. The molecule has 0 unspecified atom stereocenters. The van der Waals surface area contributed by atoms with Crippen LogP contribution < -0.4 is 10.8 Å². The Bertz CT molecular complexity index is 1130. The van der Waals surface area contributed by atoms with E-state index in [0.29, 0.717) is 18.0 Å². The van der Waals surface area contributed by atoms with E-state index in [1.807, 2.05) is 48.7 Å². The highest BCUT2D eigenvalue weighted by atomic mass is 16.4. The Morgan fingerprint density at radius 2 is 1.82 bits per heavy atom. The number of aromatic nitrogens is 3. The molecular weight excluding hydrogens is 351 g/mol. The highest BCUT2D eigenvalue weighted by Crippen LogP contribution is 2.23. The molecule has 0 saturated carbocycles. The Morgan fingerprint density at radius 3 is 2.57 bits per heavy atom. The number of hydrogen-bond acceptors (Lipinski definition) is 5. The van der Waals surface area contributed by atoms with Gasteiger partial charge in [0.05, 0.1) is 5.52 Å². The Morgan fingerprint density at radius 1 is 1.04 bits per heavy atom. The van der Waals surface area contributed by atoms with Gasteiger partial charge in [-0.15, -0.1) is 0 Å². The average Bonchev–Trinajstić information content (AvgIpc) is 3.04. The number of nitrogens with one attached hydrogen (secondary N) is 1. The largest absolute Gasteiger partial charge is 0.489 e. The van der Waals surface area contributed by atoms with Crippen molar-refractivity contribution in [1.29, 1.82) is 0 Å². The molecule has 0 bridgehead atoms. The number of rotatable bonds is 5. The zero-order valence-electron chi connectivity index (χ0n) is 15.8. The van der Waals surface area contributed by atoms with Gasteiger partial charge in [0, 0.05) is 29.4 Å². The minimum Gasteiger partial charge on any atom is -0.423 e. The number of hydrogen-bond donors (Lipinski definition) is 3. The van der Waals surface area contributed by atoms with E-state index in [2.05, 4.69) is 22.4 Å². The van der Waals surface area contributed by atoms with Gasteiger partial charge in [-0.1, -0.05) is 42.5 Å². The van der Waals surface area contributed by atoms with Crippen LogP contribution in [0, 0.1) is 13.8 Å². The monoisotopic (exact) mass is 372 g/mol. The molecule has 4 aromatic rings. The van der Waals surface area contributed by atoms with Crippen molar-refractivity contribution < 1.29 is 10.0 Å². The second-order valence-corrected chi connectivity index (χ2v) is 6.82. The second-order valence-electron chi connectivity index (χ2n) is 6.82. The van der Waals surface area contributed by atoms with E-state index in [0.717, 1.165) is 28.0 Å². The molecule has 0 radical (unpaired) electrons. The maximum absolute atomic E-state index is 9.66. The maximum Gasteiger partial charge on any atom is 0.489 e. The summed E-state index contributed by atoms with van der Waals surface area (Å²) in [5.74, 6) is 1.31. The topological polar surface area (TPSA) is 83.2 Å². The first-order chi connectivity index (χ1) is 13.5. The van der Waals surface area contributed by atoms with Crippen LogP contribution in [0.2, 0.25) is 0 Å². The van der Waals surface area contributed by atoms with Crippen LogP contribution in [-0.2, 0) is 6.54 Å². The fourth-order valence-electron chi connectivity index (χ4n) is 3.38. The van der Waals surface area contributed by atoms with E-state index < -0.39 is 7.12 Å². The van der Waals surface area contributed by atoms with E-state index in [-0.39, 0.29) is 0 Å². The zero-order valence-corrected chi connectivity index (χ0v) is 15.8. The van der Waals surface area contributed by atoms with Gasteiger partial charge in [0.25, 0.3) is 0 Å². The molecule has 2 aromatic heterocycles. The molecule has 28 heavy (non-hydrogen) atoms. The lowest BCUT2D eigenvalue weighted by atomic mass is 9.78. The Balaban J connectivity index is 1.74. The predicted molar refractivity (Wildman–Crippen MR) is 112 cm³/mol. The van der Waals surface area contributed by atoms with Crippen LogP contribution in [0.4, 0.5) is 5.82 Å². The van der Waals surface area contributed by atoms with Crippen LogP contribution in [0.5, 0.6) is 0 Å². The van der Waals surface area contributed by atoms with E-state index in [9.17, 15) is 10.0 Å². The molecule has 2 heterocycles. The third-order valence-electron chi connectivity index (χ3n) is 4.80. The SMILES string of the molecule is Cc1cnc(-n2c(C)cc3c(B(O)O)cccc32)nc1NCc1ccccc1. The molecule has 0 saturated heterocycles. The van der Waals surface area contributed by atoms with E-state index in [1.54, 1.807) is 18.3 Å². The molecular formula is C21H21BN4O2. The second kappa shape index (κ2) is 7.46. The summed E-state index contributed by atoms with van der Waals surface area (Å²) in [6, 6.07) is 17.5. The van der Waals surface area contributed by atoms with Crippen molar-refractivity contribution >= 4 is 29.3 Å². The highest BCUT2D eigenvalue weighted by molar-refractivity contribution is 6.61. The molecule has 0 fully saturated rings. The van der Waals surface area contributed by atoms with Crippen molar-refractivity contribution in [2.75, 3.05) is 5.32 Å². The van der Waals surface area contributed by atoms with E-state index in [1.165, 1.54) is 5.56 Å². The van der Waals surface area contributed by atoms with Gasteiger partial charge in [-0.25, -0.2) is 4.98 Å². The van der Waals surface area contributed by atoms with Crippen LogP contribution in [-0.4, -0.2) is 31.7 Å². The molecule has 3 N–H and O–H groups in total. The smallest absolute Gasteiger partial charge is 0.423 e. The Kier molecular flexibility index (Phi) is 4.85. The van der Waals surface area contributed by atoms with Crippen LogP contribution >= 0.6 is 0 Å². The number of anilines is 1. The van der Waals surface area contributed by atoms with Crippen molar-refractivity contribution in [2.24, 2.45) is 0 Å². The third kappa shape index (κ3) is 3.37. The lowest BCUT2D eigenvalue weighted by Crippen LogP contribution is -2.30. The first-order valence-corrected chi connectivity index (χ1v) is 9.13. The van der Waals surface area contributed by atoms with Crippen LogP contribution in [0.1, 0.15) is 16.8 Å². The first-order valence-electron chi connectivity index (χ1n) is 9.13. The molecule has 6 nitrogen and oxygen atoms in total. The molecule has 0 atom stereocenters. The number of aryl methyl sites for hydroxylation is 2. The van der Waals surface area contributed by atoms with Gasteiger partial charge in [-0.3, -0.25) is 4.57 Å². The van der Waals surface area contributed by atoms with Crippen LogP contribution in [0.3, 0.4) is 0 Å². The molecule has 0 aliphatic rings. The quantitative estimate of drug-likeness (QED) is 0.469. The molecule has 0 spiro atoms. The van der Waals surface area contributed by atoms with Gasteiger partial charge in [-0.2, -0.15) is 4.98 Å². The predicted octanol–water partition coefficient (Wildman–Crippen LogP) is 2.33. The standard InChI is InChI=1S/C21H21BN4O2/c1-14-12-24-21(25-20(14)23-13-16-7-4-3-5-8-16)26-15(2)11-17-18(22(27)28)9-6-10-19(17)26/h3-12,27-28H,13H2,1-2H3,(H,23,24,25). The maximum atomic E-state index is 9.66. The van der Waals surface area contributed by atoms with Gasteiger partial charge in [0.2, 0.25) is 5.95 Å². The Hall–Kier alpha value is -3.16. The molecule has 0 amide bonds. The van der Waals surface area contributed by atoms with Crippen molar-refractivity contribution in [1.82, 2.24) is 14.5 Å². The van der Waals surface area contributed by atoms with E-state index in [4.69, 9.17) is 4.98 Å². The van der Waals surface area contributed by atoms with Gasteiger partial charge in [-0.05, 0) is 37.0 Å². The van der Waals surface area contributed by atoms with Crippen molar-refractivity contribution in [3.63, 3.8) is 0 Å². The first kappa shape index (κ1) is 18.2. The summed E-state index contributed by atoms with van der Waals surface area (Å²) >= 11 is 0. The summed E-state index contributed by atoms with van der Waals surface area (Å²) in [6.07, 6.45) is 1.80. The molecule has 140 valence electrons. The number of benzene rings is 2. The summed E-state index contributed by atoms with van der Waals surface area (Å²) in [4.78, 5) is 9.24. The van der Waals surface area contributed by atoms with Gasteiger partial charge >= 0.3 is 7.12 Å². The zero-order chi connectivity index (χ0) is 19.7. The van der Waals surface area contributed by atoms with E-state index >= 15 is 0 Å². The molecule has 7 heteroatoms.